The smallest absolute Gasteiger partial charge is 0.308 e. The second-order valence-corrected chi connectivity index (χ2v) is 9.75. The van der Waals surface area contributed by atoms with E-state index in [4.69, 9.17) is 14.7 Å². The third-order valence-electron chi connectivity index (χ3n) is 6.03. The van der Waals surface area contributed by atoms with Crippen molar-refractivity contribution in [3.8, 4) is 0 Å². The lowest BCUT2D eigenvalue weighted by Gasteiger charge is -2.54. The maximum Gasteiger partial charge on any atom is 0.308 e. The normalized spacial score (nSPS) is 20.3. The molecular formula is C23H43NO5. The number of carboxylic acids is 1. The summed E-state index contributed by atoms with van der Waals surface area (Å²) >= 11 is 0. The average Bonchev–Trinajstić information content (AvgIpc) is 2.61. The molecule has 1 N–H and O–H groups in total. The number of ether oxygens (including phenoxy) is 1. The molecule has 0 saturated carbocycles. The van der Waals surface area contributed by atoms with Gasteiger partial charge in [0, 0.05) is 17.5 Å². The van der Waals surface area contributed by atoms with Gasteiger partial charge in [0.15, 0.2) is 0 Å². The first-order valence-electron chi connectivity index (χ1n) is 11.3. The summed E-state index contributed by atoms with van der Waals surface area (Å²) in [6, 6.07) is 0. The van der Waals surface area contributed by atoms with Gasteiger partial charge in [0.2, 0.25) is 0 Å². The Balaban J connectivity index is 2.68. The summed E-state index contributed by atoms with van der Waals surface area (Å²) in [6.07, 6.45) is 8.53. The van der Waals surface area contributed by atoms with Gasteiger partial charge in [0.25, 0.3) is 0 Å². The highest BCUT2D eigenvalue weighted by molar-refractivity contribution is 5.72. The largest absolute Gasteiger partial charge is 0.481 e. The minimum Gasteiger partial charge on any atom is -0.481 e. The fourth-order valence-corrected chi connectivity index (χ4v) is 5.03. The Bertz CT molecular complexity index is 499. The van der Waals surface area contributed by atoms with Crippen molar-refractivity contribution in [2.24, 2.45) is 11.8 Å². The van der Waals surface area contributed by atoms with E-state index >= 15 is 0 Å². The minimum atomic E-state index is -0.727. The Labute approximate surface area is 177 Å². The predicted octanol–water partition coefficient (Wildman–Crippen LogP) is 5.20. The molecule has 1 aliphatic heterocycles. The molecule has 0 amide bonds. The Morgan fingerprint density at radius 1 is 1.03 bits per heavy atom. The van der Waals surface area contributed by atoms with Gasteiger partial charge in [-0.25, -0.2) is 0 Å². The van der Waals surface area contributed by atoms with Crippen molar-refractivity contribution in [3.63, 3.8) is 0 Å². The standard InChI is InChI=1S/C23H43NO5/c1-7-15-29-24-22(2,3)16-18(17-23(24,4)5)19(21(27)28-6)13-11-9-8-10-12-14-20(25)26/h18-19H,7-17H2,1-6H3,(H,25,26). The molecule has 6 nitrogen and oxygen atoms in total. The number of rotatable bonds is 13. The second kappa shape index (κ2) is 11.9. The van der Waals surface area contributed by atoms with Crippen LogP contribution >= 0.6 is 0 Å². The van der Waals surface area contributed by atoms with Gasteiger partial charge in [0.1, 0.15) is 0 Å². The molecule has 0 radical (unpaired) electrons. The molecular weight excluding hydrogens is 370 g/mol. The van der Waals surface area contributed by atoms with Crippen LogP contribution in [0.15, 0.2) is 0 Å². The van der Waals surface area contributed by atoms with Gasteiger partial charge in [-0.2, -0.15) is 5.06 Å². The van der Waals surface area contributed by atoms with Crippen LogP contribution in [0.2, 0.25) is 0 Å². The van der Waals surface area contributed by atoms with Crippen molar-refractivity contribution in [1.29, 1.82) is 0 Å². The van der Waals surface area contributed by atoms with E-state index < -0.39 is 5.97 Å². The summed E-state index contributed by atoms with van der Waals surface area (Å²) in [7, 11) is 1.48. The molecule has 0 aromatic carbocycles. The Kier molecular flexibility index (Phi) is 10.6. The van der Waals surface area contributed by atoms with Gasteiger partial charge >= 0.3 is 11.9 Å². The number of carboxylic acid groups (broad SMARTS) is 1. The van der Waals surface area contributed by atoms with Gasteiger partial charge < -0.3 is 9.84 Å². The molecule has 0 aliphatic carbocycles. The summed E-state index contributed by atoms with van der Waals surface area (Å²) in [4.78, 5) is 29.3. The van der Waals surface area contributed by atoms with Crippen molar-refractivity contribution in [2.45, 2.75) is 110 Å². The molecule has 1 rings (SSSR count). The van der Waals surface area contributed by atoms with E-state index in [2.05, 4.69) is 39.7 Å². The molecule has 170 valence electrons. The number of hydroxylamine groups is 2. The molecule has 1 heterocycles. The van der Waals surface area contributed by atoms with Gasteiger partial charge in [0.05, 0.1) is 19.6 Å². The number of nitrogens with zero attached hydrogens (tertiary/aromatic N) is 1. The Morgan fingerprint density at radius 2 is 1.59 bits per heavy atom. The molecule has 1 atom stereocenters. The molecule has 1 unspecified atom stereocenters. The molecule has 0 bridgehead atoms. The number of piperidine rings is 1. The van der Waals surface area contributed by atoms with Crippen molar-refractivity contribution >= 4 is 11.9 Å². The van der Waals surface area contributed by atoms with E-state index in [0.29, 0.717) is 6.61 Å². The van der Waals surface area contributed by atoms with Crippen LogP contribution in [0.4, 0.5) is 0 Å². The maximum atomic E-state index is 12.6. The molecule has 0 aromatic rings. The lowest BCUT2D eigenvalue weighted by Crippen LogP contribution is -2.61. The van der Waals surface area contributed by atoms with Crippen molar-refractivity contribution in [3.05, 3.63) is 0 Å². The zero-order valence-electron chi connectivity index (χ0n) is 19.5. The summed E-state index contributed by atoms with van der Waals surface area (Å²) in [5.74, 6) is -0.655. The zero-order valence-corrected chi connectivity index (χ0v) is 19.5. The zero-order chi connectivity index (χ0) is 22.1. The number of carbonyl (C=O) groups is 2. The monoisotopic (exact) mass is 413 g/mol. The van der Waals surface area contributed by atoms with Crippen LogP contribution in [-0.2, 0) is 19.2 Å². The number of unbranched alkanes of at least 4 members (excludes halogenated alkanes) is 4. The number of esters is 1. The van der Waals surface area contributed by atoms with E-state index in [-0.39, 0.29) is 35.3 Å². The third kappa shape index (κ3) is 8.25. The lowest BCUT2D eigenvalue weighted by atomic mass is 9.69. The molecule has 29 heavy (non-hydrogen) atoms. The molecule has 0 spiro atoms. The van der Waals surface area contributed by atoms with E-state index in [0.717, 1.165) is 57.8 Å². The first-order valence-corrected chi connectivity index (χ1v) is 11.3. The van der Waals surface area contributed by atoms with Crippen molar-refractivity contribution in [1.82, 2.24) is 5.06 Å². The van der Waals surface area contributed by atoms with Crippen LogP contribution in [0, 0.1) is 11.8 Å². The van der Waals surface area contributed by atoms with Crippen LogP contribution in [-0.4, -0.2) is 46.9 Å². The fourth-order valence-electron chi connectivity index (χ4n) is 5.03. The number of hydrogen-bond donors (Lipinski definition) is 1. The first kappa shape index (κ1) is 25.9. The maximum absolute atomic E-state index is 12.6. The number of hydrogen-bond acceptors (Lipinski definition) is 5. The van der Waals surface area contributed by atoms with Gasteiger partial charge in [-0.3, -0.25) is 14.4 Å². The second-order valence-electron chi connectivity index (χ2n) is 9.75. The Hall–Kier alpha value is -1.14. The third-order valence-corrected chi connectivity index (χ3v) is 6.03. The number of aliphatic carboxylic acids is 1. The summed E-state index contributed by atoms with van der Waals surface area (Å²) in [6.45, 7) is 11.6. The molecule has 1 fully saturated rings. The Morgan fingerprint density at radius 3 is 2.10 bits per heavy atom. The molecule has 6 heteroatoms. The number of carbonyl (C=O) groups excluding carboxylic acids is 1. The van der Waals surface area contributed by atoms with Crippen LogP contribution in [0.25, 0.3) is 0 Å². The summed E-state index contributed by atoms with van der Waals surface area (Å²) in [5.41, 5.74) is -0.296. The van der Waals surface area contributed by atoms with E-state index in [1.165, 1.54) is 7.11 Å². The summed E-state index contributed by atoms with van der Waals surface area (Å²) in [5, 5.41) is 10.9. The molecule has 1 saturated heterocycles. The lowest BCUT2D eigenvalue weighted by molar-refractivity contribution is -0.290. The van der Waals surface area contributed by atoms with Crippen molar-refractivity contribution < 1.29 is 24.3 Å². The highest BCUT2D eigenvalue weighted by Crippen LogP contribution is 2.45. The number of methoxy groups -OCH3 is 1. The van der Waals surface area contributed by atoms with Crippen LogP contribution in [0.3, 0.4) is 0 Å². The van der Waals surface area contributed by atoms with Gasteiger partial charge in [-0.1, -0.05) is 32.6 Å². The topological polar surface area (TPSA) is 76.1 Å². The first-order chi connectivity index (χ1) is 13.5. The summed E-state index contributed by atoms with van der Waals surface area (Å²) < 4.78 is 5.17. The van der Waals surface area contributed by atoms with Gasteiger partial charge in [-0.05, 0) is 65.7 Å². The SMILES string of the molecule is CCCON1C(C)(C)CC(C(CCCCCCCC(=O)O)C(=O)OC)CC1(C)C. The van der Waals surface area contributed by atoms with Crippen molar-refractivity contribution in [2.75, 3.05) is 13.7 Å². The predicted molar refractivity (Wildman–Crippen MR) is 114 cm³/mol. The minimum absolute atomic E-state index is 0.0918. The average molecular weight is 414 g/mol. The highest BCUT2D eigenvalue weighted by atomic mass is 16.7. The quantitative estimate of drug-likeness (QED) is 0.330. The van der Waals surface area contributed by atoms with E-state index in [9.17, 15) is 9.59 Å². The molecule has 1 aliphatic rings. The highest BCUT2D eigenvalue weighted by Gasteiger charge is 2.49. The van der Waals surface area contributed by atoms with E-state index in [1.54, 1.807) is 0 Å². The van der Waals surface area contributed by atoms with Crippen LogP contribution < -0.4 is 0 Å². The van der Waals surface area contributed by atoms with Crippen LogP contribution in [0.5, 0.6) is 0 Å². The van der Waals surface area contributed by atoms with E-state index in [1.807, 2.05) is 0 Å². The van der Waals surface area contributed by atoms with Gasteiger partial charge in [-0.15, -0.1) is 0 Å². The fraction of sp³-hybridized carbons (Fsp3) is 0.913. The van der Waals surface area contributed by atoms with Crippen LogP contribution in [0.1, 0.15) is 98.8 Å². The molecule has 0 aromatic heterocycles.